The number of aryl methyl sites for hydroxylation is 2. The number of nitrogens with one attached hydrogen (secondary N) is 2. The molecule has 1 amide bonds. The van der Waals surface area contributed by atoms with Crippen LogP contribution in [0.5, 0.6) is 0 Å². The van der Waals surface area contributed by atoms with Crippen LogP contribution in [-0.2, 0) is 20.7 Å². The fraction of sp³-hybridized carbons (Fsp3) is 0.238. The molecule has 1 aromatic heterocycles. The van der Waals surface area contributed by atoms with Crippen molar-refractivity contribution in [3.63, 3.8) is 0 Å². The Balaban J connectivity index is 1.68. The number of hydrogen-bond donors (Lipinski definition) is 2. The number of carbonyl (C=O) groups excluding carboxylic acids is 2. The van der Waals surface area contributed by atoms with E-state index in [9.17, 15) is 14.4 Å². The second kappa shape index (κ2) is 8.04. The summed E-state index contributed by atoms with van der Waals surface area (Å²) in [6.07, 6.45) is -1.13. The van der Waals surface area contributed by atoms with Gasteiger partial charge < -0.3 is 10.1 Å². The van der Waals surface area contributed by atoms with Gasteiger partial charge in [0.25, 0.3) is 11.5 Å². The number of H-pyrrole nitrogens is 1. The highest BCUT2D eigenvalue weighted by atomic mass is 16.5. The van der Waals surface area contributed by atoms with Crippen molar-refractivity contribution in [2.45, 2.75) is 33.3 Å². The highest BCUT2D eigenvalue weighted by Crippen LogP contribution is 2.17. The van der Waals surface area contributed by atoms with Gasteiger partial charge in [-0.1, -0.05) is 30.3 Å². The Labute approximate surface area is 161 Å². The Morgan fingerprint density at radius 3 is 2.61 bits per heavy atom. The van der Waals surface area contributed by atoms with E-state index >= 15 is 0 Å². The molecule has 7 nitrogen and oxygen atoms in total. The van der Waals surface area contributed by atoms with Crippen LogP contribution in [0.15, 0.2) is 47.3 Å². The molecule has 0 aliphatic carbocycles. The minimum absolute atomic E-state index is 0.154. The van der Waals surface area contributed by atoms with Crippen molar-refractivity contribution in [1.29, 1.82) is 0 Å². The number of aromatic amines is 1. The van der Waals surface area contributed by atoms with E-state index in [1.807, 2.05) is 32.0 Å². The number of esters is 1. The highest BCUT2D eigenvalue weighted by molar-refractivity contribution is 5.96. The lowest BCUT2D eigenvalue weighted by Gasteiger charge is -2.15. The maximum Gasteiger partial charge on any atom is 0.312 e. The molecular formula is C21H21N3O4. The monoisotopic (exact) mass is 379 g/mol. The molecule has 0 saturated carbocycles. The molecule has 1 atom stereocenters. The molecule has 2 aromatic carbocycles. The number of hydrogen-bond acceptors (Lipinski definition) is 5. The fourth-order valence-electron chi connectivity index (χ4n) is 2.84. The van der Waals surface area contributed by atoms with E-state index in [1.54, 1.807) is 24.3 Å². The second-order valence-corrected chi connectivity index (χ2v) is 6.66. The van der Waals surface area contributed by atoms with Gasteiger partial charge in [0, 0.05) is 11.1 Å². The first-order chi connectivity index (χ1) is 13.3. The summed E-state index contributed by atoms with van der Waals surface area (Å²) in [7, 11) is 0. The van der Waals surface area contributed by atoms with Gasteiger partial charge in [-0.3, -0.25) is 14.4 Å². The van der Waals surface area contributed by atoms with Crippen LogP contribution in [0.3, 0.4) is 0 Å². The number of ether oxygens (including phenoxy) is 1. The minimum Gasteiger partial charge on any atom is -0.452 e. The molecule has 3 aromatic rings. The molecule has 0 spiro atoms. The zero-order valence-corrected chi connectivity index (χ0v) is 15.9. The largest absolute Gasteiger partial charge is 0.452 e. The number of anilines is 1. The third-order valence-electron chi connectivity index (χ3n) is 4.42. The predicted molar refractivity (Wildman–Crippen MR) is 106 cm³/mol. The molecule has 1 heterocycles. The summed E-state index contributed by atoms with van der Waals surface area (Å²) >= 11 is 0. The van der Waals surface area contributed by atoms with Crippen LogP contribution < -0.4 is 10.9 Å². The quantitative estimate of drug-likeness (QED) is 0.664. The topological polar surface area (TPSA) is 101 Å². The van der Waals surface area contributed by atoms with Gasteiger partial charge in [-0.05, 0) is 44.0 Å². The van der Waals surface area contributed by atoms with Gasteiger partial charge >= 0.3 is 5.97 Å². The van der Waals surface area contributed by atoms with Crippen LogP contribution in [0.4, 0.5) is 5.69 Å². The number of rotatable bonds is 5. The second-order valence-electron chi connectivity index (χ2n) is 6.66. The number of nitrogens with zero attached hydrogens (tertiary/aromatic N) is 1. The molecule has 2 N–H and O–H groups in total. The lowest BCUT2D eigenvalue weighted by atomic mass is 10.1. The first-order valence-corrected chi connectivity index (χ1v) is 8.89. The van der Waals surface area contributed by atoms with Crippen LogP contribution in [0.1, 0.15) is 23.7 Å². The summed E-state index contributed by atoms with van der Waals surface area (Å²) in [6.45, 7) is 5.33. The van der Waals surface area contributed by atoms with Crippen molar-refractivity contribution in [3.8, 4) is 0 Å². The van der Waals surface area contributed by atoms with Gasteiger partial charge in [0.2, 0.25) is 0 Å². The van der Waals surface area contributed by atoms with Crippen molar-refractivity contribution in [3.05, 3.63) is 69.6 Å². The smallest absolute Gasteiger partial charge is 0.312 e. The molecular weight excluding hydrogens is 358 g/mol. The standard InChI is InChI=1S/C21H21N3O4/c1-12-8-9-13(2)17(10-12)22-20(26)14(3)28-19(25)11-18-15-6-4-5-7-16(15)21(27)24-23-18/h4-10,14H,11H2,1-3H3,(H,22,26)(H,24,27)/t14-/m0/s1. The lowest BCUT2D eigenvalue weighted by molar-refractivity contribution is -0.152. The Morgan fingerprint density at radius 1 is 1.14 bits per heavy atom. The highest BCUT2D eigenvalue weighted by Gasteiger charge is 2.20. The molecule has 144 valence electrons. The third-order valence-corrected chi connectivity index (χ3v) is 4.42. The van der Waals surface area contributed by atoms with E-state index in [2.05, 4.69) is 15.5 Å². The molecule has 0 bridgehead atoms. The molecule has 0 fully saturated rings. The molecule has 0 unspecified atom stereocenters. The summed E-state index contributed by atoms with van der Waals surface area (Å²) in [6, 6.07) is 12.6. The van der Waals surface area contributed by atoms with Crippen LogP contribution in [0, 0.1) is 13.8 Å². The Morgan fingerprint density at radius 2 is 1.86 bits per heavy atom. The van der Waals surface area contributed by atoms with Gasteiger partial charge in [-0.25, -0.2) is 5.10 Å². The van der Waals surface area contributed by atoms with Gasteiger partial charge in [-0.2, -0.15) is 5.10 Å². The van der Waals surface area contributed by atoms with Crippen molar-refractivity contribution >= 4 is 28.3 Å². The summed E-state index contributed by atoms with van der Waals surface area (Å²) in [5, 5.41) is 10.1. The SMILES string of the molecule is Cc1ccc(C)c(NC(=O)[C@H](C)OC(=O)Cc2n[nH]c(=O)c3ccccc23)c1. The van der Waals surface area contributed by atoms with Crippen molar-refractivity contribution in [2.75, 3.05) is 5.32 Å². The Bertz CT molecular complexity index is 1100. The maximum atomic E-state index is 12.4. The van der Waals surface area contributed by atoms with Gasteiger partial charge in [0.15, 0.2) is 6.10 Å². The first kappa shape index (κ1) is 19.3. The van der Waals surface area contributed by atoms with Crippen LogP contribution in [-0.4, -0.2) is 28.2 Å². The summed E-state index contributed by atoms with van der Waals surface area (Å²) < 4.78 is 5.25. The number of fused-ring (bicyclic) bond motifs is 1. The van der Waals surface area contributed by atoms with Crippen molar-refractivity contribution in [2.24, 2.45) is 0 Å². The fourth-order valence-corrected chi connectivity index (χ4v) is 2.84. The van der Waals surface area contributed by atoms with Crippen molar-refractivity contribution in [1.82, 2.24) is 10.2 Å². The van der Waals surface area contributed by atoms with Crippen LogP contribution >= 0.6 is 0 Å². The Hall–Kier alpha value is -3.48. The molecule has 0 saturated heterocycles. The van der Waals surface area contributed by atoms with E-state index in [1.165, 1.54) is 6.92 Å². The first-order valence-electron chi connectivity index (χ1n) is 8.89. The van der Waals surface area contributed by atoms with Gasteiger partial charge in [-0.15, -0.1) is 0 Å². The number of aromatic nitrogens is 2. The molecule has 0 aliphatic rings. The average molecular weight is 379 g/mol. The maximum absolute atomic E-state index is 12.4. The normalized spacial score (nSPS) is 11.8. The zero-order chi connectivity index (χ0) is 20.3. The van der Waals surface area contributed by atoms with Gasteiger partial charge in [0.05, 0.1) is 17.5 Å². The van der Waals surface area contributed by atoms with Crippen molar-refractivity contribution < 1.29 is 14.3 Å². The summed E-state index contributed by atoms with van der Waals surface area (Å²) in [5.74, 6) is -1.02. The number of amides is 1. The van der Waals surface area contributed by atoms with E-state index in [4.69, 9.17) is 4.74 Å². The van der Waals surface area contributed by atoms with Gasteiger partial charge in [0.1, 0.15) is 0 Å². The molecule has 7 heteroatoms. The Kier molecular flexibility index (Phi) is 5.54. The molecule has 0 radical (unpaired) electrons. The zero-order valence-electron chi connectivity index (χ0n) is 15.9. The van der Waals surface area contributed by atoms with E-state index in [-0.39, 0.29) is 12.0 Å². The lowest BCUT2D eigenvalue weighted by Crippen LogP contribution is -2.31. The minimum atomic E-state index is -0.971. The van der Waals surface area contributed by atoms with Crippen LogP contribution in [0.2, 0.25) is 0 Å². The molecule has 0 aliphatic heterocycles. The molecule has 28 heavy (non-hydrogen) atoms. The van der Waals surface area contributed by atoms with E-state index in [0.717, 1.165) is 11.1 Å². The average Bonchev–Trinajstić information content (AvgIpc) is 2.67. The van der Waals surface area contributed by atoms with E-state index in [0.29, 0.717) is 22.2 Å². The van der Waals surface area contributed by atoms with Crippen LogP contribution in [0.25, 0.3) is 10.8 Å². The summed E-state index contributed by atoms with van der Waals surface area (Å²) in [4.78, 5) is 36.5. The molecule has 3 rings (SSSR count). The van der Waals surface area contributed by atoms with E-state index < -0.39 is 18.0 Å². The third kappa shape index (κ3) is 4.25. The predicted octanol–water partition coefficient (Wildman–Crippen LogP) is 2.65. The number of carbonyl (C=O) groups is 2. The number of benzene rings is 2. The summed E-state index contributed by atoms with van der Waals surface area (Å²) in [5.41, 5.74) is 2.68.